The molecule has 0 saturated heterocycles. The first-order valence-corrected chi connectivity index (χ1v) is 3.78. The van der Waals surface area contributed by atoms with Crippen LogP contribution >= 0.6 is 0 Å². The third-order valence-electron chi connectivity index (χ3n) is 2.33. The van der Waals surface area contributed by atoms with Gasteiger partial charge >= 0.3 is 0 Å². The van der Waals surface area contributed by atoms with Gasteiger partial charge in [-0.1, -0.05) is 5.92 Å². The van der Waals surface area contributed by atoms with Gasteiger partial charge in [0.15, 0.2) is 0 Å². The van der Waals surface area contributed by atoms with E-state index in [2.05, 4.69) is 31.7 Å². The van der Waals surface area contributed by atoms with Crippen LogP contribution in [0.3, 0.4) is 0 Å². The lowest BCUT2D eigenvalue weighted by atomic mass is 10.1. The van der Waals surface area contributed by atoms with Crippen LogP contribution in [-0.2, 0) is 0 Å². The van der Waals surface area contributed by atoms with E-state index in [-0.39, 0.29) is 5.54 Å². The molecule has 0 spiro atoms. The van der Waals surface area contributed by atoms with E-state index in [4.69, 9.17) is 6.42 Å². The highest BCUT2D eigenvalue weighted by Crippen LogP contribution is 2.30. The lowest BCUT2D eigenvalue weighted by Crippen LogP contribution is -2.41. The minimum atomic E-state index is -0.0544. The van der Waals surface area contributed by atoms with E-state index in [9.17, 15) is 0 Å². The lowest BCUT2D eigenvalue weighted by molar-refractivity contribution is 0.204. The summed E-state index contributed by atoms with van der Waals surface area (Å²) < 4.78 is 0. The maximum atomic E-state index is 5.38. The van der Waals surface area contributed by atoms with Crippen molar-refractivity contribution >= 4 is 0 Å². The fourth-order valence-corrected chi connectivity index (χ4v) is 1.02. The Bertz CT molecular complexity index is 160. The van der Waals surface area contributed by atoms with Gasteiger partial charge in [-0.2, -0.15) is 0 Å². The van der Waals surface area contributed by atoms with Crippen LogP contribution in [-0.4, -0.2) is 23.5 Å². The van der Waals surface area contributed by atoms with Gasteiger partial charge in [-0.25, -0.2) is 0 Å². The molecule has 56 valence electrons. The summed E-state index contributed by atoms with van der Waals surface area (Å²) in [6, 6.07) is 0.756. The van der Waals surface area contributed by atoms with Gasteiger partial charge in [-0.05, 0) is 33.7 Å². The topological polar surface area (TPSA) is 3.24 Å². The lowest BCUT2D eigenvalue weighted by Gasteiger charge is -2.30. The quantitative estimate of drug-likeness (QED) is 0.521. The Balaban J connectivity index is 2.54. The van der Waals surface area contributed by atoms with E-state index in [1.165, 1.54) is 12.8 Å². The summed E-state index contributed by atoms with van der Waals surface area (Å²) in [5.41, 5.74) is -0.0544. The van der Waals surface area contributed by atoms with Gasteiger partial charge < -0.3 is 0 Å². The van der Waals surface area contributed by atoms with Crippen LogP contribution in [0.15, 0.2) is 0 Å². The number of hydrogen-bond donors (Lipinski definition) is 0. The predicted octanol–water partition coefficient (Wildman–Crippen LogP) is 1.49. The average molecular weight is 137 g/mol. The van der Waals surface area contributed by atoms with Gasteiger partial charge in [0.2, 0.25) is 0 Å². The molecule has 0 atom stereocenters. The second kappa shape index (κ2) is 2.29. The minimum Gasteiger partial charge on any atom is -0.288 e. The van der Waals surface area contributed by atoms with Crippen molar-refractivity contribution in [2.75, 3.05) is 7.05 Å². The first-order valence-electron chi connectivity index (χ1n) is 3.78. The predicted molar refractivity (Wildman–Crippen MR) is 43.7 cm³/mol. The molecule has 0 radical (unpaired) electrons. The van der Waals surface area contributed by atoms with Crippen molar-refractivity contribution in [3.63, 3.8) is 0 Å². The Hall–Kier alpha value is -0.480. The second-order valence-electron chi connectivity index (χ2n) is 3.55. The van der Waals surface area contributed by atoms with Crippen molar-refractivity contribution < 1.29 is 0 Å². The average Bonchev–Trinajstić information content (AvgIpc) is 2.68. The molecule has 1 rings (SSSR count). The molecule has 1 fully saturated rings. The molecule has 0 unspecified atom stereocenters. The Morgan fingerprint density at radius 2 is 2.00 bits per heavy atom. The van der Waals surface area contributed by atoms with Crippen molar-refractivity contribution in [3.8, 4) is 12.3 Å². The number of hydrogen-bond acceptors (Lipinski definition) is 1. The third-order valence-corrected chi connectivity index (χ3v) is 2.33. The van der Waals surface area contributed by atoms with Crippen LogP contribution in [0.2, 0.25) is 0 Å². The van der Waals surface area contributed by atoms with E-state index in [0.717, 1.165) is 6.04 Å². The van der Waals surface area contributed by atoms with Crippen LogP contribution in [0.4, 0.5) is 0 Å². The number of terminal acetylenes is 1. The van der Waals surface area contributed by atoms with Crippen molar-refractivity contribution in [1.82, 2.24) is 4.90 Å². The number of rotatable bonds is 2. The Labute approximate surface area is 63.4 Å². The molecular weight excluding hydrogens is 122 g/mol. The van der Waals surface area contributed by atoms with Crippen LogP contribution < -0.4 is 0 Å². The molecular formula is C9H15N. The molecule has 0 aliphatic heterocycles. The third kappa shape index (κ3) is 1.33. The van der Waals surface area contributed by atoms with Gasteiger partial charge in [0.25, 0.3) is 0 Å². The van der Waals surface area contributed by atoms with Crippen molar-refractivity contribution in [1.29, 1.82) is 0 Å². The molecule has 1 aliphatic rings. The fraction of sp³-hybridized carbons (Fsp3) is 0.778. The largest absolute Gasteiger partial charge is 0.288 e. The van der Waals surface area contributed by atoms with E-state index in [0.29, 0.717) is 0 Å². The normalized spacial score (nSPS) is 19.1. The molecule has 0 bridgehead atoms. The molecule has 1 saturated carbocycles. The zero-order valence-corrected chi connectivity index (χ0v) is 7.02. The highest BCUT2D eigenvalue weighted by Gasteiger charge is 2.34. The van der Waals surface area contributed by atoms with E-state index in [1.807, 2.05) is 0 Å². The molecule has 0 amide bonds. The Kier molecular flexibility index (Phi) is 1.74. The molecule has 1 heteroatoms. The standard InChI is InChI=1S/C9H15N/c1-5-9(2,3)10(4)8-6-7-8/h1,8H,6-7H2,2-4H3. The van der Waals surface area contributed by atoms with Crippen LogP contribution in [0.25, 0.3) is 0 Å². The zero-order valence-electron chi connectivity index (χ0n) is 7.02. The van der Waals surface area contributed by atoms with E-state index in [1.54, 1.807) is 0 Å². The summed E-state index contributed by atoms with van der Waals surface area (Å²) in [4.78, 5) is 2.28. The van der Waals surface area contributed by atoms with Gasteiger partial charge in [0, 0.05) is 6.04 Å². The summed E-state index contributed by atoms with van der Waals surface area (Å²) in [7, 11) is 2.11. The minimum absolute atomic E-state index is 0.0544. The van der Waals surface area contributed by atoms with Gasteiger partial charge in [0.05, 0.1) is 5.54 Å². The molecule has 0 aromatic rings. The van der Waals surface area contributed by atoms with Gasteiger partial charge in [-0.15, -0.1) is 6.42 Å². The molecule has 1 nitrogen and oxygen atoms in total. The monoisotopic (exact) mass is 137 g/mol. The summed E-state index contributed by atoms with van der Waals surface area (Å²) in [5, 5.41) is 0. The zero-order chi connectivity index (χ0) is 7.78. The molecule has 0 N–H and O–H groups in total. The molecule has 0 heterocycles. The summed E-state index contributed by atoms with van der Waals surface area (Å²) >= 11 is 0. The first-order chi connectivity index (χ1) is 4.58. The Morgan fingerprint density at radius 1 is 1.50 bits per heavy atom. The second-order valence-corrected chi connectivity index (χ2v) is 3.55. The van der Waals surface area contributed by atoms with Crippen LogP contribution in [0.5, 0.6) is 0 Å². The van der Waals surface area contributed by atoms with Gasteiger partial charge in [0.1, 0.15) is 0 Å². The van der Waals surface area contributed by atoms with E-state index >= 15 is 0 Å². The summed E-state index contributed by atoms with van der Waals surface area (Å²) in [6.07, 6.45) is 8.02. The molecule has 0 aromatic carbocycles. The SMILES string of the molecule is C#CC(C)(C)N(C)C1CC1. The highest BCUT2D eigenvalue weighted by atomic mass is 15.2. The molecule has 1 aliphatic carbocycles. The van der Waals surface area contributed by atoms with Crippen molar-refractivity contribution in [3.05, 3.63) is 0 Å². The summed E-state index contributed by atoms with van der Waals surface area (Å²) in [6.45, 7) is 4.18. The smallest absolute Gasteiger partial charge is 0.0766 e. The van der Waals surface area contributed by atoms with Crippen LogP contribution in [0, 0.1) is 12.3 Å². The first kappa shape index (κ1) is 7.63. The van der Waals surface area contributed by atoms with E-state index < -0.39 is 0 Å². The number of nitrogens with zero attached hydrogens (tertiary/aromatic N) is 1. The highest BCUT2D eigenvalue weighted by molar-refractivity contribution is 5.10. The Morgan fingerprint density at radius 3 is 2.30 bits per heavy atom. The maximum Gasteiger partial charge on any atom is 0.0766 e. The maximum absolute atomic E-state index is 5.38. The summed E-state index contributed by atoms with van der Waals surface area (Å²) in [5.74, 6) is 2.79. The fourth-order valence-electron chi connectivity index (χ4n) is 1.02. The van der Waals surface area contributed by atoms with Gasteiger partial charge in [-0.3, -0.25) is 4.90 Å². The molecule has 0 aromatic heterocycles. The van der Waals surface area contributed by atoms with Crippen molar-refractivity contribution in [2.45, 2.75) is 38.3 Å². The molecule has 10 heavy (non-hydrogen) atoms. The van der Waals surface area contributed by atoms with Crippen LogP contribution in [0.1, 0.15) is 26.7 Å². The van der Waals surface area contributed by atoms with Crippen molar-refractivity contribution in [2.24, 2.45) is 0 Å².